The first-order valence-corrected chi connectivity index (χ1v) is 8.70. The zero-order valence-electron chi connectivity index (χ0n) is 14.9. The fraction of sp³-hybridized carbons (Fsp3) is 0.222. The molecule has 0 aliphatic carbocycles. The molecule has 0 radical (unpaired) electrons. The van der Waals surface area contributed by atoms with Crippen molar-refractivity contribution in [1.82, 2.24) is 19.6 Å². The van der Waals surface area contributed by atoms with Gasteiger partial charge in [0.2, 0.25) is 5.91 Å². The van der Waals surface area contributed by atoms with Crippen LogP contribution in [0.15, 0.2) is 48.0 Å². The quantitative estimate of drug-likeness (QED) is 0.305. The SMILES string of the molecule is N/C(=N\O)c1cnn(CC(=O)N2CCCc3c2cnn3-c2ccc(F)cc2)c1. The van der Waals surface area contributed by atoms with Crippen LogP contribution in [-0.4, -0.2) is 43.1 Å². The summed E-state index contributed by atoms with van der Waals surface area (Å²) >= 11 is 0. The minimum Gasteiger partial charge on any atom is -0.409 e. The molecule has 10 heteroatoms. The van der Waals surface area contributed by atoms with E-state index in [1.165, 1.54) is 23.0 Å². The van der Waals surface area contributed by atoms with Crippen LogP contribution in [0.4, 0.5) is 10.1 Å². The van der Waals surface area contributed by atoms with Gasteiger partial charge in [-0.15, -0.1) is 0 Å². The average molecular weight is 383 g/mol. The molecule has 1 amide bonds. The molecule has 144 valence electrons. The lowest BCUT2D eigenvalue weighted by atomic mass is 10.1. The fourth-order valence-corrected chi connectivity index (χ4v) is 3.28. The van der Waals surface area contributed by atoms with E-state index in [0.717, 1.165) is 29.9 Å². The van der Waals surface area contributed by atoms with Crippen molar-refractivity contribution in [3.05, 3.63) is 59.9 Å². The van der Waals surface area contributed by atoms with Gasteiger partial charge >= 0.3 is 0 Å². The van der Waals surface area contributed by atoms with E-state index >= 15 is 0 Å². The number of halogens is 1. The highest BCUT2D eigenvalue weighted by atomic mass is 19.1. The molecule has 0 spiro atoms. The number of anilines is 1. The lowest BCUT2D eigenvalue weighted by Crippen LogP contribution is -2.37. The third kappa shape index (κ3) is 3.20. The van der Waals surface area contributed by atoms with E-state index in [1.807, 2.05) is 0 Å². The van der Waals surface area contributed by atoms with Gasteiger partial charge in [-0.2, -0.15) is 10.2 Å². The number of amidine groups is 1. The predicted molar refractivity (Wildman–Crippen MR) is 98.9 cm³/mol. The van der Waals surface area contributed by atoms with Gasteiger partial charge in [0.1, 0.15) is 12.4 Å². The summed E-state index contributed by atoms with van der Waals surface area (Å²) in [5.74, 6) is -0.527. The molecule has 1 aromatic carbocycles. The molecule has 1 aliphatic rings. The Bertz CT molecular complexity index is 1040. The molecule has 3 aromatic rings. The summed E-state index contributed by atoms with van der Waals surface area (Å²) in [7, 11) is 0. The number of hydrogen-bond donors (Lipinski definition) is 2. The van der Waals surface area contributed by atoms with Crippen molar-refractivity contribution >= 4 is 17.4 Å². The van der Waals surface area contributed by atoms with Crippen molar-refractivity contribution in [2.75, 3.05) is 11.4 Å². The van der Waals surface area contributed by atoms with Gasteiger partial charge in [0, 0.05) is 12.7 Å². The lowest BCUT2D eigenvalue weighted by Gasteiger charge is -2.27. The van der Waals surface area contributed by atoms with Crippen LogP contribution in [0.25, 0.3) is 5.69 Å². The highest BCUT2D eigenvalue weighted by molar-refractivity contribution is 5.97. The molecule has 1 aliphatic heterocycles. The zero-order valence-corrected chi connectivity index (χ0v) is 14.9. The standard InChI is InChI=1S/C18H18FN7O2/c19-13-3-5-14(6-4-13)26-15-2-1-7-25(16(15)9-22-26)17(27)11-24-10-12(8-21-24)18(20)23-28/h3-6,8-10,28H,1-2,7,11H2,(H2,20,23). The fourth-order valence-electron chi connectivity index (χ4n) is 3.28. The molecule has 0 saturated heterocycles. The highest BCUT2D eigenvalue weighted by Crippen LogP contribution is 2.29. The number of hydrogen-bond acceptors (Lipinski definition) is 5. The van der Waals surface area contributed by atoms with Crippen LogP contribution in [0.3, 0.4) is 0 Å². The molecule has 3 N–H and O–H groups in total. The number of carbonyl (C=O) groups is 1. The Morgan fingerprint density at radius 1 is 1.25 bits per heavy atom. The van der Waals surface area contributed by atoms with Crippen molar-refractivity contribution in [2.24, 2.45) is 10.9 Å². The Morgan fingerprint density at radius 3 is 2.79 bits per heavy atom. The number of aromatic nitrogens is 4. The van der Waals surface area contributed by atoms with Gasteiger partial charge < -0.3 is 15.8 Å². The molecule has 28 heavy (non-hydrogen) atoms. The monoisotopic (exact) mass is 383 g/mol. The Hall–Kier alpha value is -3.69. The summed E-state index contributed by atoms with van der Waals surface area (Å²) in [6, 6.07) is 6.07. The summed E-state index contributed by atoms with van der Waals surface area (Å²) in [6.07, 6.45) is 6.18. The topological polar surface area (TPSA) is 115 Å². The van der Waals surface area contributed by atoms with Crippen LogP contribution in [0.1, 0.15) is 17.7 Å². The predicted octanol–water partition coefficient (Wildman–Crippen LogP) is 1.28. The van der Waals surface area contributed by atoms with Crippen molar-refractivity contribution in [3.63, 3.8) is 0 Å². The third-order valence-electron chi connectivity index (χ3n) is 4.64. The molecule has 0 saturated carbocycles. The van der Waals surface area contributed by atoms with Gasteiger partial charge in [-0.3, -0.25) is 9.48 Å². The van der Waals surface area contributed by atoms with Crippen LogP contribution >= 0.6 is 0 Å². The number of carbonyl (C=O) groups excluding carboxylic acids is 1. The van der Waals surface area contributed by atoms with Crippen LogP contribution in [0, 0.1) is 5.82 Å². The van der Waals surface area contributed by atoms with Gasteiger partial charge in [0.25, 0.3) is 0 Å². The number of fused-ring (bicyclic) bond motifs is 1. The summed E-state index contributed by atoms with van der Waals surface area (Å²) < 4.78 is 16.4. The molecule has 0 fully saturated rings. The minimum atomic E-state index is -0.313. The molecule has 0 atom stereocenters. The Morgan fingerprint density at radius 2 is 2.04 bits per heavy atom. The maximum absolute atomic E-state index is 13.2. The van der Waals surface area contributed by atoms with Crippen LogP contribution in [0.2, 0.25) is 0 Å². The molecule has 0 unspecified atom stereocenters. The first-order valence-electron chi connectivity index (χ1n) is 8.70. The molecule has 2 aromatic heterocycles. The van der Waals surface area contributed by atoms with Gasteiger partial charge in [0.15, 0.2) is 5.84 Å². The molecule has 3 heterocycles. The van der Waals surface area contributed by atoms with E-state index in [-0.39, 0.29) is 24.1 Å². The Labute approximate surface area is 159 Å². The van der Waals surface area contributed by atoms with E-state index in [2.05, 4.69) is 15.4 Å². The van der Waals surface area contributed by atoms with Crippen molar-refractivity contribution in [1.29, 1.82) is 0 Å². The van der Waals surface area contributed by atoms with Crippen LogP contribution in [0.5, 0.6) is 0 Å². The number of rotatable bonds is 4. The zero-order chi connectivity index (χ0) is 19.7. The second kappa shape index (κ2) is 7.14. The van der Waals surface area contributed by atoms with Gasteiger partial charge in [0.05, 0.1) is 35.0 Å². The van der Waals surface area contributed by atoms with E-state index in [9.17, 15) is 9.18 Å². The van der Waals surface area contributed by atoms with Crippen molar-refractivity contribution in [2.45, 2.75) is 19.4 Å². The summed E-state index contributed by atoms with van der Waals surface area (Å²) in [4.78, 5) is 14.5. The summed E-state index contributed by atoms with van der Waals surface area (Å²) in [5.41, 5.74) is 8.35. The number of nitrogens with two attached hydrogens (primary N) is 1. The Kier molecular flexibility index (Phi) is 4.52. The second-order valence-electron chi connectivity index (χ2n) is 6.43. The maximum atomic E-state index is 13.2. The summed E-state index contributed by atoms with van der Waals surface area (Å²) in [6.45, 7) is 0.592. The molecule has 9 nitrogen and oxygen atoms in total. The minimum absolute atomic E-state index is 0.0138. The average Bonchev–Trinajstić information content (AvgIpc) is 3.35. The van der Waals surface area contributed by atoms with Crippen molar-refractivity contribution < 1.29 is 14.4 Å². The van der Waals surface area contributed by atoms with E-state index < -0.39 is 0 Å². The highest BCUT2D eigenvalue weighted by Gasteiger charge is 2.27. The maximum Gasteiger partial charge on any atom is 0.248 e. The lowest BCUT2D eigenvalue weighted by molar-refractivity contribution is -0.119. The van der Waals surface area contributed by atoms with E-state index in [1.54, 1.807) is 34.1 Å². The van der Waals surface area contributed by atoms with Gasteiger partial charge in [-0.05, 0) is 37.1 Å². The number of oxime groups is 1. The van der Waals surface area contributed by atoms with Gasteiger partial charge in [-0.25, -0.2) is 9.07 Å². The van der Waals surface area contributed by atoms with Gasteiger partial charge in [-0.1, -0.05) is 5.16 Å². The molecular formula is C18H18FN7O2. The first-order chi connectivity index (χ1) is 13.6. The molecular weight excluding hydrogens is 365 g/mol. The second-order valence-corrected chi connectivity index (χ2v) is 6.43. The van der Waals surface area contributed by atoms with E-state index in [0.29, 0.717) is 12.1 Å². The molecule has 0 bridgehead atoms. The molecule has 4 rings (SSSR count). The summed E-state index contributed by atoms with van der Waals surface area (Å²) in [5, 5.41) is 20.1. The smallest absolute Gasteiger partial charge is 0.248 e. The van der Waals surface area contributed by atoms with E-state index in [4.69, 9.17) is 10.9 Å². The largest absolute Gasteiger partial charge is 0.409 e. The van der Waals surface area contributed by atoms with Crippen LogP contribution in [-0.2, 0) is 17.8 Å². The van der Waals surface area contributed by atoms with Crippen LogP contribution < -0.4 is 10.6 Å². The first kappa shape index (κ1) is 17.7. The number of benzene rings is 1. The number of amides is 1. The van der Waals surface area contributed by atoms with Crippen molar-refractivity contribution in [3.8, 4) is 5.69 Å². The third-order valence-corrected chi connectivity index (χ3v) is 4.64. The Balaban J connectivity index is 1.57. The number of nitrogens with zero attached hydrogens (tertiary/aromatic N) is 6. The normalized spacial score (nSPS) is 14.2.